The highest BCUT2D eigenvalue weighted by atomic mass is 79.9. The zero-order valence-corrected chi connectivity index (χ0v) is 12.8. The van der Waals surface area contributed by atoms with Gasteiger partial charge in [-0.2, -0.15) is 5.10 Å². The van der Waals surface area contributed by atoms with Crippen LogP contribution in [0.15, 0.2) is 29.0 Å². The van der Waals surface area contributed by atoms with Crippen molar-refractivity contribution in [1.29, 1.82) is 0 Å². The van der Waals surface area contributed by atoms with Gasteiger partial charge in [-0.1, -0.05) is 0 Å². The SMILES string of the molecule is CCn1cc(CNc2cc([N+](=O)[O-])c(C)cc2Br)cn1. The van der Waals surface area contributed by atoms with Crippen LogP contribution in [0.1, 0.15) is 18.1 Å². The minimum atomic E-state index is -0.373. The fraction of sp³-hybridized carbons (Fsp3) is 0.308. The first-order valence-corrected chi connectivity index (χ1v) is 7.00. The van der Waals surface area contributed by atoms with E-state index in [1.165, 1.54) is 0 Å². The van der Waals surface area contributed by atoms with Crippen LogP contribution in [-0.4, -0.2) is 14.7 Å². The molecule has 1 aromatic carbocycles. The summed E-state index contributed by atoms with van der Waals surface area (Å²) in [6.45, 7) is 5.13. The lowest BCUT2D eigenvalue weighted by Crippen LogP contribution is -2.01. The first-order chi connectivity index (χ1) is 9.51. The highest BCUT2D eigenvalue weighted by Gasteiger charge is 2.14. The molecule has 1 aromatic heterocycles. The predicted octanol–water partition coefficient (Wildman–Crippen LogP) is 3.49. The normalized spacial score (nSPS) is 10.6. The summed E-state index contributed by atoms with van der Waals surface area (Å²) in [6.07, 6.45) is 3.73. The van der Waals surface area contributed by atoms with Gasteiger partial charge in [0.1, 0.15) is 0 Å². The molecule has 7 heteroatoms. The molecule has 6 nitrogen and oxygen atoms in total. The molecule has 1 heterocycles. The Morgan fingerprint density at radius 1 is 1.50 bits per heavy atom. The van der Waals surface area contributed by atoms with Crippen LogP contribution >= 0.6 is 15.9 Å². The van der Waals surface area contributed by atoms with Gasteiger partial charge in [0.25, 0.3) is 5.69 Å². The molecule has 0 amide bonds. The van der Waals surface area contributed by atoms with E-state index in [-0.39, 0.29) is 10.6 Å². The third-order valence-corrected chi connectivity index (χ3v) is 3.63. The lowest BCUT2D eigenvalue weighted by molar-refractivity contribution is -0.385. The smallest absolute Gasteiger partial charge is 0.274 e. The van der Waals surface area contributed by atoms with Crippen LogP contribution in [0.2, 0.25) is 0 Å². The van der Waals surface area contributed by atoms with Gasteiger partial charge in [-0.15, -0.1) is 0 Å². The van der Waals surface area contributed by atoms with Crippen LogP contribution in [0.5, 0.6) is 0 Å². The number of rotatable bonds is 5. The number of nitrogens with zero attached hydrogens (tertiary/aromatic N) is 3. The molecule has 106 valence electrons. The Morgan fingerprint density at radius 2 is 2.25 bits per heavy atom. The van der Waals surface area contributed by atoms with E-state index in [0.29, 0.717) is 17.8 Å². The summed E-state index contributed by atoms with van der Waals surface area (Å²) in [4.78, 5) is 10.6. The summed E-state index contributed by atoms with van der Waals surface area (Å²) in [6, 6.07) is 3.29. The summed E-state index contributed by atoms with van der Waals surface area (Å²) >= 11 is 3.42. The van der Waals surface area contributed by atoms with E-state index < -0.39 is 0 Å². The number of benzene rings is 1. The summed E-state index contributed by atoms with van der Waals surface area (Å²) in [7, 11) is 0. The first kappa shape index (κ1) is 14.5. The van der Waals surface area contributed by atoms with Crippen LogP contribution in [-0.2, 0) is 13.1 Å². The van der Waals surface area contributed by atoms with Crippen molar-refractivity contribution >= 4 is 27.3 Å². The van der Waals surface area contributed by atoms with Crippen molar-refractivity contribution in [1.82, 2.24) is 9.78 Å². The largest absolute Gasteiger partial charge is 0.380 e. The molecular formula is C13H15BrN4O2. The zero-order valence-electron chi connectivity index (χ0n) is 11.3. The number of aromatic nitrogens is 2. The molecule has 0 atom stereocenters. The van der Waals surface area contributed by atoms with E-state index in [1.54, 1.807) is 25.3 Å². The van der Waals surface area contributed by atoms with Crippen LogP contribution in [0, 0.1) is 17.0 Å². The van der Waals surface area contributed by atoms with Crippen molar-refractivity contribution in [2.24, 2.45) is 0 Å². The van der Waals surface area contributed by atoms with Crippen LogP contribution in [0.4, 0.5) is 11.4 Å². The molecule has 0 aliphatic heterocycles. The lowest BCUT2D eigenvalue weighted by Gasteiger charge is -2.08. The number of aryl methyl sites for hydroxylation is 2. The van der Waals surface area contributed by atoms with E-state index in [9.17, 15) is 10.1 Å². The molecule has 0 aliphatic rings. The van der Waals surface area contributed by atoms with E-state index in [0.717, 1.165) is 16.6 Å². The highest BCUT2D eigenvalue weighted by Crippen LogP contribution is 2.30. The van der Waals surface area contributed by atoms with Gasteiger partial charge in [-0.25, -0.2) is 0 Å². The average molecular weight is 339 g/mol. The maximum absolute atomic E-state index is 11.0. The number of hydrogen-bond donors (Lipinski definition) is 1. The molecule has 0 saturated carbocycles. The average Bonchev–Trinajstić information content (AvgIpc) is 2.85. The van der Waals surface area contributed by atoms with Gasteiger partial charge in [-0.3, -0.25) is 14.8 Å². The Morgan fingerprint density at radius 3 is 2.85 bits per heavy atom. The van der Waals surface area contributed by atoms with Crippen molar-refractivity contribution in [2.45, 2.75) is 26.9 Å². The van der Waals surface area contributed by atoms with Crippen molar-refractivity contribution in [3.8, 4) is 0 Å². The maximum atomic E-state index is 11.0. The standard InChI is InChI=1S/C13H15BrN4O2/c1-3-17-8-10(7-16-17)6-15-12-5-13(18(19)20)9(2)4-11(12)14/h4-5,7-8,15H,3,6H2,1-2H3. The van der Waals surface area contributed by atoms with Crippen LogP contribution in [0.25, 0.3) is 0 Å². The van der Waals surface area contributed by atoms with E-state index in [2.05, 4.69) is 26.3 Å². The van der Waals surface area contributed by atoms with Crippen molar-refractivity contribution in [2.75, 3.05) is 5.32 Å². The van der Waals surface area contributed by atoms with Crippen molar-refractivity contribution < 1.29 is 4.92 Å². The molecule has 0 fully saturated rings. The maximum Gasteiger partial charge on any atom is 0.274 e. The van der Waals surface area contributed by atoms with Gasteiger partial charge in [0, 0.05) is 41.0 Å². The van der Waals surface area contributed by atoms with Crippen LogP contribution < -0.4 is 5.32 Å². The Bertz CT molecular complexity index is 639. The third-order valence-electron chi connectivity index (χ3n) is 2.98. The molecule has 20 heavy (non-hydrogen) atoms. The van der Waals surface area contributed by atoms with E-state index >= 15 is 0 Å². The molecule has 0 spiro atoms. The number of anilines is 1. The molecule has 2 aromatic rings. The minimum absolute atomic E-state index is 0.111. The third kappa shape index (κ3) is 3.16. The number of halogens is 1. The molecule has 0 unspecified atom stereocenters. The first-order valence-electron chi connectivity index (χ1n) is 6.21. The van der Waals surface area contributed by atoms with Gasteiger partial charge in [0.05, 0.1) is 16.8 Å². The topological polar surface area (TPSA) is 73.0 Å². The number of nitro benzene ring substituents is 1. The molecule has 0 aliphatic carbocycles. The van der Waals surface area contributed by atoms with Gasteiger partial charge in [-0.05, 0) is 35.8 Å². The lowest BCUT2D eigenvalue weighted by atomic mass is 10.2. The molecule has 0 radical (unpaired) electrons. The molecule has 1 N–H and O–H groups in total. The van der Waals surface area contributed by atoms with Gasteiger partial charge in [0.15, 0.2) is 0 Å². The zero-order chi connectivity index (χ0) is 14.7. The molecule has 2 rings (SSSR count). The number of hydrogen-bond acceptors (Lipinski definition) is 4. The minimum Gasteiger partial charge on any atom is -0.380 e. The second kappa shape index (κ2) is 6.04. The second-order valence-corrected chi connectivity index (χ2v) is 5.29. The molecular weight excluding hydrogens is 324 g/mol. The fourth-order valence-corrected chi connectivity index (χ4v) is 2.46. The Kier molecular flexibility index (Phi) is 4.39. The Labute approximate surface area is 125 Å². The second-order valence-electron chi connectivity index (χ2n) is 4.43. The monoisotopic (exact) mass is 338 g/mol. The Balaban J connectivity index is 2.16. The number of nitro groups is 1. The summed E-state index contributed by atoms with van der Waals surface area (Å²) in [5.41, 5.74) is 2.47. The number of nitrogens with one attached hydrogen (secondary N) is 1. The van der Waals surface area contributed by atoms with Crippen LogP contribution in [0.3, 0.4) is 0 Å². The van der Waals surface area contributed by atoms with Crippen molar-refractivity contribution in [3.63, 3.8) is 0 Å². The Hall–Kier alpha value is -1.89. The predicted molar refractivity (Wildman–Crippen MR) is 80.8 cm³/mol. The fourth-order valence-electron chi connectivity index (χ4n) is 1.86. The summed E-state index contributed by atoms with van der Waals surface area (Å²) in [5, 5.41) is 18.3. The van der Waals surface area contributed by atoms with E-state index in [4.69, 9.17) is 0 Å². The van der Waals surface area contributed by atoms with Gasteiger partial charge >= 0.3 is 0 Å². The highest BCUT2D eigenvalue weighted by molar-refractivity contribution is 9.10. The molecule has 0 saturated heterocycles. The van der Waals surface area contributed by atoms with Gasteiger partial charge in [0.2, 0.25) is 0 Å². The van der Waals surface area contributed by atoms with Crippen molar-refractivity contribution in [3.05, 3.63) is 50.2 Å². The summed E-state index contributed by atoms with van der Waals surface area (Å²) < 4.78 is 2.65. The molecule has 0 bridgehead atoms. The summed E-state index contributed by atoms with van der Waals surface area (Å²) in [5.74, 6) is 0. The van der Waals surface area contributed by atoms with Gasteiger partial charge < -0.3 is 5.32 Å². The quantitative estimate of drug-likeness (QED) is 0.668. The van der Waals surface area contributed by atoms with E-state index in [1.807, 2.05) is 17.8 Å².